The zero-order valence-electron chi connectivity index (χ0n) is 16.1. The Balaban J connectivity index is 1.65. The normalized spacial score (nSPS) is 16.6. The highest BCUT2D eigenvalue weighted by atomic mass is 35.5. The maximum absolute atomic E-state index is 13.1. The van der Waals surface area contributed by atoms with E-state index in [9.17, 15) is 18.0 Å². The first-order chi connectivity index (χ1) is 14.2. The maximum atomic E-state index is 13.1. The lowest BCUT2D eigenvalue weighted by Crippen LogP contribution is -2.39. The van der Waals surface area contributed by atoms with Gasteiger partial charge in [0.25, 0.3) is 5.91 Å². The van der Waals surface area contributed by atoms with Crippen molar-refractivity contribution in [2.24, 2.45) is 0 Å². The summed E-state index contributed by atoms with van der Waals surface area (Å²) in [5.74, 6) is 0.000402. The average Bonchev–Trinajstić information content (AvgIpc) is 3.34. The van der Waals surface area contributed by atoms with Crippen LogP contribution in [-0.4, -0.2) is 47.1 Å². The van der Waals surface area contributed by atoms with E-state index in [-0.39, 0.29) is 12.1 Å². The maximum Gasteiger partial charge on any atom is 0.434 e. The molecule has 1 amide bonds. The number of carbonyl (C=O) groups is 1. The van der Waals surface area contributed by atoms with Crippen LogP contribution < -0.4 is 0 Å². The van der Waals surface area contributed by atoms with Crippen molar-refractivity contribution in [3.05, 3.63) is 52.2 Å². The standard InChI is InChI=1S/C18H17ClF3N7O/c1-3-27-8-6-13(25-27)29-12-5-9-28(10(2)15(12)24-26-29)17(30)11-4-7-23-16(14(11)19)18(20,21)22/h4,6-8,10H,3,5,9H2,1-2H3. The average molecular weight is 440 g/mol. The summed E-state index contributed by atoms with van der Waals surface area (Å²) < 4.78 is 42.7. The van der Waals surface area contributed by atoms with Crippen molar-refractivity contribution in [3.63, 3.8) is 0 Å². The predicted molar refractivity (Wildman–Crippen MR) is 100 cm³/mol. The van der Waals surface area contributed by atoms with E-state index in [1.807, 2.05) is 19.2 Å². The van der Waals surface area contributed by atoms with Crippen molar-refractivity contribution < 1.29 is 18.0 Å². The molecule has 1 aliphatic rings. The van der Waals surface area contributed by atoms with Crippen molar-refractivity contribution in [1.29, 1.82) is 0 Å². The largest absolute Gasteiger partial charge is 0.434 e. The van der Waals surface area contributed by atoms with Crippen LogP contribution in [0.3, 0.4) is 0 Å². The van der Waals surface area contributed by atoms with Gasteiger partial charge in [-0.05, 0) is 19.9 Å². The van der Waals surface area contributed by atoms with E-state index in [1.165, 1.54) is 11.0 Å². The molecular formula is C18H17ClF3N7O. The number of alkyl halides is 3. The van der Waals surface area contributed by atoms with Crippen LogP contribution in [0.25, 0.3) is 5.82 Å². The number of fused-ring (bicyclic) bond motifs is 1. The second kappa shape index (κ2) is 7.38. The molecule has 0 aliphatic carbocycles. The summed E-state index contributed by atoms with van der Waals surface area (Å²) >= 11 is 5.88. The topological polar surface area (TPSA) is 81.7 Å². The SMILES string of the molecule is CCn1ccc(-n2nnc3c2CCN(C(=O)c2ccnc(C(F)(F)F)c2Cl)C3C)n1. The van der Waals surface area contributed by atoms with Crippen molar-refractivity contribution in [1.82, 2.24) is 34.7 Å². The Hall–Kier alpha value is -2.95. The molecule has 0 fully saturated rings. The molecule has 3 aromatic rings. The fraction of sp³-hybridized carbons (Fsp3) is 0.389. The van der Waals surface area contributed by atoms with E-state index >= 15 is 0 Å². The van der Waals surface area contributed by atoms with Gasteiger partial charge in [-0.1, -0.05) is 16.8 Å². The number of halogens is 4. The molecular weight excluding hydrogens is 423 g/mol. The highest BCUT2D eigenvalue weighted by Crippen LogP contribution is 2.36. The number of hydrogen-bond donors (Lipinski definition) is 0. The third-order valence-corrected chi connectivity index (χ3v) is 5.45. The summed E-state index contributed by atoms with van der Waals surface area (Å²) in [6, 6.07) is 2.51. The molecule has 12 heteroatoms. The monoisotopic (exact) mass is 439 g/mol. The molecule has 0 radical (unpaired) electrons. The predicted octanol–water partition coefficient (Wildman–Crippen LogP) is 3.31. The van der Waals surface area contributed by atoms with Gasteiger partial charge in [0, 0.05) is 38.0 Å². The van der Waals surface area contributed by atoms with Gasteiger partial charge in [0.1, 0.15) is 5.69 Å². The minimum absolute atomic E-state index is 0.247. The zero-order valence-corrected chi connectivity index (χ0v) is 16.8. The van der Waals surface area contributed by atoms with Crippen molar-refractivity contribution in [2.75, 3.05) is 6.54 Å². The summed E-state index contributed by atoms with van der Waals surface area (Å²) in [5.41, 5.74) is -0.146. The van der Waals surface area contributed by atoms with Crippen LogP contribution in [0.2, 0.25) is 5.02 Å². The quantitative estimate of drug-likeness (QED) is 0.625. The van der Waals surface area contributed by atoms with Gasteiger partial charge in [-0.25, -0.2) is 0 Å². The Kier molecular flexibility index (Phi) is 5.00. The first kappa shape index (κ1) is 20.3. The van der Waals surface area contributed by atoms with Crippen molar-refractivity contribution >= 4 is 17.5 Å². The summed E-state index contributed by atoms with van der Waals surface area (Å²) in [6.45, 7) is 4.70. The van der Waals surface area contributed by atoms with E-state index < -0.39 is 28.8 Å². The highest BCUT2D eigenvalue weighted by molar-refractivity contribution is 6.34. The summed E-state index contributed by atoms with van der Waals surface area (Å²) in [6.07, 6.45) is -1.57. The number of nitrogens with zero attached hydrogens (tertiary/aromatic N) is 7. The first-order valence-electron chi connectivity index (χ1n) is 9.23. The van der Waals surface area contributed by atoms with Gasteiger partial charge in [0.05, 0.1) is 22.3 Å². The lowest BCUT2D eigenvalue weighted by atomic mass is 10.0. The third kappa shape index (κ3) is 3.32. The molecule has 0 N–H and O–H groups in total. The molecule has 1 unspecified atom stereocenters. The van der Waals surface area contributed by atoms with Crippen LogP contribution in [0, 0.1) is 0 Å². The molecule has 4 heterocycles. The van der Waals surface area contributed by atoms with E-state index in [4.69, 9.17) is 11.6 Å². The molecule has 0 spiro atoms. The number of hydrogen-bond acceptors (Lipinski definition) is 5. The molecule has 3 aromatic heterocycles. The zero-order chi connectivity index (χ0) is 21.6. The Morgan fingerprint density at radius 1 is 1.33 bits per heavy atom. The summed E-state index contributed by atoms with van der Waals surface area (Å²) in [4.78, 5) is 17.7. The Labute approximate surface area is 174 Å². The van der Waals surface area contributed by atoms with E-state index in [2.05, 4.69) is 20.4 Å². The van der Waals surface area contributed by atoms with Crippen molar-refractivity contribution in [3.8, 4) is 5.82 Å². The Morgan fingerprint density at radius 2 is 2.10 bits per heavy atom. The Morgan fingerprint density at radius 3 is 2.77 bits per heavy atom. The number of carbonyl (C=O) groups excluding carboxylic acids is 1. The molecule has 158 valence electrons. The van der Waals surface area contributed by atoms with Gasteiger partial charge < -0.3 is 4.90 Å². The molecule has 30 heavy (non-hydrogen) atoms. The smallest absolute Gasteiger partial charge is 0.330 e. The molecule has 0 saturated carbocycles. The summed E-state index contributed by atoms with van der Waals surface area (Å²) in [5, 5.41) is 12.1. The number of amides is 1. The van der Waals surface area contributed by atoms with Gasteiger partial charge in [0.2, 0.25) is 0 Å². The van der Waals surface area contributed by atoms with Gasteiger partial charge in [0.15, 0.2) is 11.5 Å². The van der Waals surface area contributed by atoms with Crippen LogP contribution in [0.15, 0.2) is 24.5 Å². The molecule has 1 aliphatic heterocycles. The summed E-state index contributed by atoms with van der Waals surface area (Å²) in [7, 11) is 0. The number of aromatic nitrogens is 6. The number of aryl methyl sites for hydroxylation is 1. The Bertz CT molecular complexity index is 1110. The molecule has 0 saturated heterocycles. The van der Waals surface area contributed by atoms with Gasteiger partial charge in [-0.3, -0.25) is 14.5 Å². The van der Waals surface area contributed by atoms with Gasteiger partial charge in [-0.2, -0.15) is 23.0 Å². The minimum atomic E-state index is -4.75. The second-order valence-electron chi connectivity index (χ2n) is 6.81. The van der Waals surface area contributed by atoms with Gasteiger partial charge in [-0.15, -0.1) is 5.10 Å². The lowest BCUT2D eigenvalue weighted by Gasteiger charge is -2.32. The highest BCUT2D eigenvalue weighted by Gasteiger charge is 2.39. The van der Waals surface area contributed by atoms with Crippen LogP contribution in [-0.2, 0) is 19.1 Å². The molecule has 4 rings (SSSR count). The number of pyridine rings is 1. The molecule has 8 nitrogen and oxygen atoms in total. The second-order valence-corrected chi connectivity index (χ2v) is 7.18. The van der Waals surface area contributed by atoms with E-state index in [0.717, 1.165) is 11.9 Å². The van der Waals surface area contributed by atoms with Gasteiger partial charge >= 0.3 is 6.18 Å². The van der Waals surface area contributed by atoms with Crippen LogP contribution in [0.4, 0.5) is 13.2 Å². The molecule has 0 bridgehead atoms. The number of rotatable bonds is 3. The minimum Gasteiger partial charge on any atom is -0.330 e. The fourth-order valence-electron chi connectivity index (χ4n) is 3.50. The lowest BCUT2D eigenvalue weighted by molar-refractivity contribution is -0.141. The first-order valence-corrected chi connectivity index (χ1v) is 9.61. The molecule has 0 aromatic carbocycles. The third-order valence-electron chi connectivity index (χ3n) is 5.06. The van der Waals surface area contributed by atoms with E-state index in [0.29, 0.717) is 24.5 Å². The fourth-order valence-corrected chi connectivity index (χ4v) is 3.80. The molecule has 1 atom stereocenters. The van der Waals surface area contributed by atoms with Crippen LogP contribution in [0.1, 0.15) is 47.3 Å². The van der Waals surface area contributed by atoms with Crippen LogP contribution in [0.5, 0.6) is 0 Å². The van der Waals surface area contributed by atoms with Crippen LogP contribution >= 0.6 is 11.6 Å². The van der Waals surface area contributed by atoms with E-state index in [1.54, 1.807) is 16.3 Å². The van der Waals surface area contributed by atoms with Crippen molar-refractivity contribution in [2.45, 2.75) is 39.0 Å².